The van der Waals surface area contributed by atoms with Gasteiger partial charge < -0.3 is 5.11 Å². The molecule has 1 aromatic heterocycles. The Balaban J connectivity index is 2.40. The fourth-order valence-corrected chi connectivity index (χ4v) is 2.79. The van der Waals surface area contributed by atoms with E-state index in [1.165, 1.54) is 28.5 Å². The van der Waals surface area contributed by atoms with Gasteiger partial charge in [0.1, 0.15) is 5.82 Å². The van der Waals surface area contributed by atoms with Gasteiger partial charge >= 0.3 is 5.69 Å². The highest BCUT2D eigenvalue weighted by Crippen LogP contribution is 2.32. The maximum atomic E-state index is 13.2. The summed E-state index contributed by atoms with van der Waals surface area (Å²) in [5.74, 6) is -0.407. The normalized spacial score (nSPS) is 12.6. The Morgan fingerprint density at radius 2 is 2.32 bits per heavy atom. The number of aliphatic hydroxyl groups is 1. The van der Waals surface area contributed by atoms with Crippen molar-refractivity contribution in [3.63, 3.8) is 0 Å². The topological polar surface area (TPSA) is 70.9 Å². The molecule has 2 aromatic rings. The number of H-pyrrole nitrogens is 1. The smallest absolute Gasteiger partial charge is 0.343 e. The minimum absolute atomic E-state index is 0.286. The predicted molar refractivity (Wildman–Crippen MR) is 69.7 cm³/mol. The van der Waals surface area contributed by atoms with E-state index in [0.29, 0.717) is 22.2 Å². The molecule has 1 heterocycles. The highest BCUT2D eigenvalue weighted by molar-refractivity contribution is 7.99. The largest absolute Gasteiger partial charge is 0.389 e. The van der Waals surface area contributed by atoms with E-state index in [1.54, 1.807) is 13.0 Å². The number of nitrogens with one attached hydrogen (secondary N) is 1. The molecule has 0 bridgehead atoms. The third kappa shape index (κ3) is 2.87. The van der Waals surface area contributed by atoms with Crippen molar-refractivity contribution in [2.75, 3.05) is 0 Å². The van der Waals surface area contributed by atoms with Crippen molar-refractivity contribution in [3.8, 4) is 0 Å². The van der Waals surface area contributed by atoms with E-state index >= 15 is 0 Å². The quantitative estimate of drug-likeness (QED) is 0.899. The standard InChI is InChI=1S/C12H14FN3O2S/c1-3-16-11(18)14-15-12(16)19-10-5-4-8(13)6-9(10)7(2)17/h4-7,17H,3H2,1-2H3,(H,14,18)/t7-/m0/s1. The van der Waals surface area contributed by atoms with Crippen molar-refractivity contribution in [2.24, 2.45) is 0 Å². The van der Waals surface area contributed by atoms with Gasteiger partial charge in [-0.25, -0.2) is 14.3 Å². The van der Waals surface area contributed by atoms with Crippen molar-refractivity contribution in [1.82, 2.24) is 14.8 Å². The average molecular weight is 283 g/mol. The van der Waals surface area contributed by atoms with Gasteiger partial charge in [-0.05, 0) is 49.4 Å². The van der Waals surface area contributed by atoms with Gasteiger partial charge in [0.15, 0.2) is 5.16 Å². The minimum Gasteiger partial charge on any atom is -0.389 e. The van der Waals surface area contributed by atoms with Crippen molar-refractivity contribution in [3.05, 3.63) is 40.1 Å². The van der Waals surface area contributed by atoms with Crippen molar-refractivity contribution in [1.29, 1.82) is 0 Å². The van der Waals surface area contributed by atoms with Crippen molar-refractivity contribution < 1.29 is 9.50 Å². The van der Waals surface area contributed by atoms with Crippen LogP contribution in [-0.2, 0) is 6.54 Å². The lowest BCUT2D eigenvalue weighted by Gasteiger charge is -2.11. The summed E-state index contributed by atoms with van der Waals surface area (Å²) in [4.78, 5) is 12.1. The lowest BCUT2D eigenvalue weighted by atomic mass is 10.1. The molecule has 2 N–H and O–H groups in total. The molecule has 0 aliphatic carbocycles. The van der Waals surface area contributed by atoms with E-state index in [4.69, 9.17) is 0 Å². The second-order valence-electron chi connectivity index (χ2n) is 4.02. The van der Waals surface area contributed by atoms with Crippen molar-refractivity contribution >= 4 is 11.8 Å². The molecule has 0 aliphatic heterocycles. The number of hydrogen-bond acceptors (Lipinski definition) is 4. The molecule has 0 amide bonds. The van der Waals surface area contributed by atoms with Gasteiger partial charge in [-0.3, -0.25) is 4.57 Å². The SMILES string of the molecule is CCn1c(Sc2ccc(F)cc2[C@H](C)O)n[nH]c1=O. The Morgan fingerprint density at radius 3 is 2.95 bits per heavy atom. The molecule has 5 nitrogen and oxygen atoms in total. The Morgan fingerprint density at radius 1 is 1.58 bits per heavy atom. The first kappa shape index (κ1) is 13.8. The molecule has 0 saturated heterocycles. The lowest BCUT2D eigenvalue weighted by Crippen LogP contribution is -2.16. The zero-order valence-corrected chi connectivity index (χ0v) is 11.4. The number of aliphatic hydroxyl groups excluding tert-OH is 1. The van der Waals surface area contributed by atoms with E-state index in [-0.39, 0.29) is 5.69 Å². The summed E-state index contributed by atoms with van der Waals surface area (Å²) in [5.41, 5.74) is 0.189. The Bertz CT molecular complexity index is 636. The van der Waals surface area contributed by atoms with Crippen LogP contribution < -0.4 is 5.69 Å². The van der Waals surface area contributed by atoms with Gasteiger partial charge in [0.25, 0.3) is 0 Å². The molecule has 7 heteroatoms. The summed E-state index contributed by atoms with van der Waals surface area (Å²) in [6.07, 6.45) is -0.793. The van der Waals surface area contributed by atoms with Crippen LogP contribution in [-0.4, -0.2) is 19.9 Å². The maximum Gasteiger partial charge on any atom is 0.343 e. The maximum absolute atomic E-state index is 13.2. The summed E-state index contributed by atoms with van der Waals surface area (Å²) in [6.45, 7) is 3.89. The molecule has 102 valence electrons. The molecule has 1 atom stereocenters. The number of hydrogen-bond donors (Lipinski definition) is 2. The molecule has 2 rings (SSSR count). The van der Waals surface area contributed by atoms with Crippen LogP contribution in [0.15, 0.2) is 33.0 Å². The molecule has 0 spiro atoms. The molecule has 0 unspecified atom stereocenters. The van der Waals surface area contributed by atoms with Gasteiger partial charge in [-0.15, -0.1) is 5.10 Å². The van der Waals surface area contributed by atoms with Crippen LogP contribution in [0.3, 0.4) is 0 Å². The van der Waals surface area contributed by atoms with Crippen LogP contribution in [0.5, 0.6) is 0 Å². The third-order valence-electron chi connectivity index (χ3n) is 2.66. The number of nitrogens with zero attached hydrogens (tertiary/aromatic N) is 2. The zero-order chi connectivity index (χ0) is 14.0. The number of rotatable bonds is 4. The van der Waals surface area contributed by atoms with Gasteiger partial charge in [0.05, 0.1) is 6.10 Å². The van der Waals surface area contributed by atoms with Crippen molar-refractivity contribution in [2.45, 2.75) is 36.5 Å². The summed E-state index contributed by atoms with van der Waals surface area (Å²) < 4.78 is 14.7. The molecule has 0 saturated carbocycles. The molecule has 0 fully saturated rings. The van der Waals surface area contributed by atoms with Crippen LogP contribution in [0.25, 0.3) is 0 Å². The first-order valence-electron chi connectivity index (χ1n) is 5.83. The van der Waals surface area contributed by atoms with E-state index < -0.39 is 11.9 Å². The van der Waals surface area contributed by atoms with E-state index in [1.807, 2.05) is 6.92 Å². The molecular formula is C12H14FN3O2S. The number of halogens is 1. The first-order chi connectivity index (χ1) is 9.02. The highest BCUT2D eigenvalue weighted by Gasteiger charge is 2.14. The van der Waals surface area contributed by atoms with Gasteiger partial charge in [0, 0.05) is 11.4 Å². The zero-order valence-electron chi connectivity index (χ0n) is 10.6. The van der Waals surface area contributed by atoms with Crippen LogP contribution in [0.4, 0.5) is 4.39 Å². The fourth-order valence-electron chi connectivity index (χ4n) is 1.70. The second kappa shape index (κ2) is 5.58. The predicted octanol–water partition coefficient (Wildman–Crippen LogP) is 1.93. The first-order valence-corrected chi connectivity index (χ1v) is 6.65. The Kier molecular flexibility index (Phi) is 4.06. The van der Waals surface area contributed by atoms with Crippen LogP contribution in [0.2, 0.25) is 0 Å². The molecule has 0 radical (unpaired) electrons. The van der Waals surface area contributed by atoms with Gasteiger partial charge in [-0.1, -0.05) is 0 Å². The molecular weight excluding hydrogens is 269 g/mol. The average Bonchev–Trinajstić information content (AvgIpc) is 2.71. The van der Waals surface area contributed by atoms with E-state index in [0.717, 1.165) is 0 Å². The summed E-state index contributed by atoms with van der Waals surface area (Å²) in [5, 5.41) is 16.4. The number of aromatic amines is 1. The minimum atomic E-state index is -0.793. The molecule has 19 heavy (non-hydrogen) atoms. The molecule has 1 aromatic carbocycles. The lowest BCUT2D eigenvalue weighted by molar-refractivity contribution is 0.196. The fraction of sp³-hybridized carbons (Fsp3) is 0.333. The van der Waals surface area contributed by atoms with E-state index in [9.17, 15) is 14.3 Å². The second-order valence-corrected chi connectivity index (χ2v) is 5.02. The van der Waals surface area contributed by atoms with E-state index in [2.05, 4.69) is 10.2 Å². The van der Waals surface area contributed by atoms with Crippen LogP contribution >= 0.6 is 11.8 Å². The summed E-state index contributed by atoms with van der Waals surface area (Å²) >= 11 is 1.22. The van der Waals surface area contributed by atoms with Crippen LogP contribution in [0.1, 0.15) is 25.5 Å². The number of aromatic nitrogens is 3. The van der Waals surface area contributed by atoms with Crippen LogP contribution in [0, 0.1) is 5.82 Å². The Hall–Kier alpha value is -1.60. The Labute approximate surface area is 113 Å². The summed E-state index contributed by atoms with van der Waals surface area (Å²) in [6, 6.07) is 4.17. The monoisotopic (exact) mass is 283 g/mol. The number of benzene rings is 1. The molecule has 0 aliphatic rings. The highest BCUT2D eigenvalue weighted by atomic mass is 32.2. The third-order valence-corrected chi connectivity index (χ3v) is 3.75. The summed E-state index contributed by atoms with van der Waals surface area (Å²) in [7, 11) is 0. The van der Waals surface area contributed by atoms with Gasteiger partial charge in [-0.2, -0.15) is 0 Å². The van der Waals surface area contributed by atoms with Gasteiger partial charge in [0.2, 0.25) is 0 Å².